The summed E-state index contributed by atoms with van der Waals surface area (Å²) in [5.41, 5.74) is 8.33. The summed E-state index contributed by atoms with van der Waals surface area (Å²) in [6.45, 7) is 3.51. The first-order valence-electron chi connectivity index (χ1n) is 9.24. The third-order valence-electron chi connectivity index (χ3n) is 4.75. The van der Waals surface area contributed by atoms with Gasteiger partial charge in [-0.25, -0.2) is 0 Å². The highest BCUT2D eigenvalue weighted by Gasteiger charge is 2.34. The van der Waals surface area contributed by atoms with Crippen LogP contribution in [0.5, 0.6) is 0 Å². The van der Waals surface area contributed by atoms with Crippen molar-refractivity contribution in [2.75, 3.05) is 31.1 Å². The lowest BCUT2D eigenvalue weighted by Gasteiger charge is -2.36. The fourth-order valence-electron chi connectivity index (χ4n) is 3.32. The van der Waals surface area contributed by atoms with E-state index < -0.39 is 11.7 Å². The molecule has 5 nitrogen and oxygen atoms in total. The molecule has 160 valence electrons. The zero-order valence-electron chi connectivity index (χ0n) is 16.0. The lowest BCUT2D eigenvalue weighted by molar-refractivity contribution is -0.137. The Hall–Kier alpha value is -2.36. The van der Waals surface area contributed by atoms with Crippen molar-refractivity contribution in [3.63, 3.8) is 0 Å². The Morgan fingerprint density at radius 1 is 1.17 bits per heavy atom. The molecular formula is C20H21ClF3N5S. The molecule has 0 aromatic heterocycles. The van der Waals surface area contributed by atoms with E-state index in [1.54, 1.807) is 6.07 Å². The van der Waals surface area contributed by atoms with E-state index >= 15 is 0 Å². The summed E-state index contributed by atoms with van der Waals surface area (Å²) in [7, 11) is 0. The molecular weight excluding hydrogens is 435 g/mol. The Balaban J connectivity index is 1.69. The minimum Gasteiger partial charge on any atom is -0.375 e. The van der Waals surface area contributed by atoms with Crippen molar-refractivity contribution in [2.45, 2.75) is 12.7 Å². The number of benzene rings is 2. The highest BCUT2D eigenvalue weighted by Crippen LogP contribution is 2.34. The van der Waals surface area contributed by atoms with Crippen LogP contribution in [0.25, 0.3) is 0 Å². The summed E-state index contributed by atoms with van der Waals surface area (Å²) in [6, 6.07) is 11.9. The van der Waals surface area contributed by atoms with Crippen LogP contribution in [0.3, 0.4) is 0 Å². The maximum Gasteiger partial charge on any atom is 0.417 e. The highest BCUT2D eigenvalue weighted by molar-refractivity contribution is 7.80. The largest absolute Gasteiger partial charge is 0.417 e. The van der Waals surface area contributed by atoms with Crippen LogP contribution in [0.1, 0.15) is 16.7 Å². The molecule has 1 fully saturated rings. The Bertz CT molecular complexity index is 927. The maximum atomic E-state index is 13.5. The van der Waals surface area contributed by atoms with Crippen LogP contribution in [-0.4, -0.2) is 42.4 Å². The third-order valence-corrected chi connectivity index (χ3v) is 5.08. The number of nitrogens with one attached hydrogen (secondary N) is 1. The lowest BCUT2D eigenvalue weighted by Crippen LogP contribution is -2.46. The van der Waals surface area contributed by atoms with E-state index in [0.717, 1.165) is 37.5 Å². The van der Waals surface area contributed by atoms with Gasteiger partial charge in [0.2, 0.25) is 0 Å². The zero-order valence-corrected chi connectivity index (χ0v) is 17.6. The molecule has 0 bridgehead atoms. The molecule has 3 N–H and O–H groups in total. The molecule has 0 radical (unpaired) electrons. The second-order valence-corrected chi connectivity index (χ2v) is 7.77. The van der Waals surface area contributed by atoms with E-state index in [4.69, 9.17) is 17.3 Å². The number of hydrogen-bond donors (Lipinski definition) is 2. The van der Waals surface area contributed by atoms with Gasteiger partial charge in [0, 0.05) is 49.0 Å². The van der Waals surface area contributed by atoms with E-state index in [-0.39, 0.29) is 10.7 Å². The van der Waals surface area contributed by atoms with Gasteiger partial charge in [0.1, 0.15) is 0 Å². The fraction of sp³-hybridized carbons (Fsp3) is 0.300. The number of hydrogen-bond acceptors (Lipinski definition) is 4. The second kappa shape index (κ2) is 9.63. The van der Waals surface area contributed by atoms with Gasteiger partial charge < -0.3 is 10.6 Å². The second-order valence-electron chi connectivity index (χ2n) is 6.90. The normalized spacial score (nSPS) is 15.5. The molecule has 2 aromatic carbocycles. The molecule has 0 amide bonds. The molecule has 1 aliphatic heterocycles. The quantitative estimate of drug-likeness (QED) is 0.407. The summed E-state index contributed by atoms with van der Waals surface area (Å²) in [4.78, 5) is 4.22. The van der Waals surface area contributed by atoms with Crippen LogP contribution in [0.4, 0.5) is 18.9 Å². The predicted molar refractivity (Wildman–Crippen MR) is 118 cm³/mol. The number of nitrogens with zero attached hydrogens (tertiary/aromatic N) is 3. The van der Waals surface area contributed by atoms with Crippen LogP contribution in [0.2, 0.25) is 5.02 Å². The molecule has 0 aliphatic carbocycles. The Morgan fingerprint density at radius 3 is 2.53 bits per heavy atom. The Kier molecular flexibility index (Phi) is 7.17. The van der Waals surface area contributed by atoms with Gasteiger partial charge in [0.05, 0.1) is 11.8 Å². The first-order chi connectivity index (χ1) is 14.2. The molecule has 2 aromatic rings. The highest BCUT2D eigenvalue weighted by atomic mass is 35.5. The van der Waals surface area contributed by atoms with Crippen molar-refractivity contribution in [2.24, 2.45) is 10.8 Å². The molecule has 1 aliphatic rings. The van der Waals surface area contributed by atoms with Gasteiger partial charge in [0.25, 0.3) is 0 Å². The van der Waals surface area contributed by atoms with Gasteiger partial charge in [-0.1, -0.05) is 29.8 Å². The molecule has 10 heteroatoms. The molecule has 1 saturated heterocycles. The monoisotopic (exact) mass is 455 g/mol. The topological polar surface area (TPSA) is 56.9 Å². The van der Waals surface area contributed by atoms with Crippen molar-refractivity contribution in [1.82, 2.24) is 10.3 Å². The van der Waals surface area contributed by atoms with Crippen molar-refractivity contribution in [3.8, 4) is 0 Å². The number of nitrogens with two attached hydrogens (primary N) is 1. The summed E-state index contributed by atoms with van der Waals surface area (Å²) in [6.07, 6.45) is -3.44. The molecule has 0 saturated carbocycles. The Labute approximate surface area is 183 Å². The Morgan fingerprint density at radius 2 is 1.90 bits per heavy atom. The van der Waals surface area contributed by atoms with Gasteiger partial charge in [0.15, 0.2) is 5.11 Å². The third kappa shape index (κ3) is 6.07. The molecule has 30 heavy (non-hydrogen) atoms. The van der Waals surface area contributed by atoms with Crippen LogP contribution >= 0.6 is 23.8 Å². The van der Waals surface area contributed by atoms with E-state index in [0.29, 0.717) is 23.8 Å². The number of piperazine rings is 1. The van der Waals surface area contributed by atoms with E-state index in [1.807, 2.05) is 29.2 Å². The van der Waals surface area contributed by atoms with Crippen molar-refractivity contribution in [3.05, 3.63) is 64.2 Å². The number of hydrazone groups is 1. The molecule has 0 spiro atoms. The lowest BCUT2D eigenvalue weighted by atomic mass is 10.1. The zero-order chi connectivity index (χ0) is 21.7. The SMILES string of the molecule is NC(=S)NN=Cc1ccc(N2CCN(Cc3cccc(Cl)c3)CC2)cc1C(F)(F)F. The van der Waals surface area contributed by atoms with Gasteiger partial charge in [-0.3, -0.25) is 10.3 Å². The number of thiocarbonyl (C=S) groups is 1. The van der Waals surface area contributed by atoms with Gasteiger partial charge >= 0.3 is 6.18 Å². The minimum atomic E-state index is -4.50. The minimum absolute atomic E-state index is 0.0606. The van der Waals surface area contributed by atoms with Crippen LogP contribution in [0.15, 0.2) is 47.6 Å². The molecule has 3 rings (SSSR count). The first kappa shape index (κ1) is 22.3. The summed E-state index contributed by atoms with van der Waals surface area (Å²) >= 11 is 10.6. The van der Waals surface area contributed by atoms with Crippen molar-refractivity contribution >= 4 is 40.8 Å². The number of rotatable bonds is 5. The van der Waals surface area contributed by atoms with Gasteiger partial charge in [-0.05, 0) is 42.0 Å². The maximum absolute atomic E-state index is 13.5. The number of halogens is 4. The fourth-order valence-corrected chi connectivity index (χ4v) is 3.59. The summed E-state index contributed by atoms with van der Waals surface area (Å²) in [5.74, 6) is 0. The van der Waals surface area contributed by atoms with E-state index in [9.17, 15) is 13.2 Å². The molecule has 0 unspecified atom stereocenters. The van der Waals surface area contributed by atoms with E-state index in [2.05, 4.69) is 27.6 Å². The average molecular weight is 456 g/mol. The predicted octanol–water partition coefficient (Wildman–Crippen LogP) is 3.85. The average Bonchev–Trinajstić information content (AvgIpc) is 2.68. The standard InChI is InChI=1S/C20H21ClF3N5S/c21-16-3-1-2-14(10-16)13-28-6-8-29(9-7-28)17-5-4-15(12-26-27-19(25)30)18(11-17)20(22,23)24/h1-5,10-12H,6-9,13H2,(H3,25,27,30). The van der Waals surface area contributed by atoms with Crippen molar-refractivity contribution < 1.29 is 13.2 Å². The number of alkyl halides is 3. The number of anilines is 1. The first-order valence-corrected chi connectivity index (χ1v) is 10.0. The van der Waals surface area contributed by atoms with Gasteiger partial charge in [-0.15, -0.1) is 0 Å². The molecule has 0 atom stereocenters. The summed E-state index contributed by atoms with van der Waals surface area (Å²) in [5, 5.41) is 4.22. The van der Waals surface area contributed by atoms with Crippen molar-refractivity contribution in [1.29, 1.82) is 0 Å². The van der Waals surface area contributed by atoms with Gasteiger partial charge in [-0.2, -0.15) is 18.3 Å². The smallest absolute Gasteiger partial charge is 0.375 e. The van der Waals surface area contributed by atoms with Crippen LogP contribution < -0.4 is 16.1 Å². The van der Waals surface area contributed by atoms with E-state index in [1.165, 1.54) is 6.07 Å². The van der Waals surface area contributed by atoms with Crippen LogP contribution in [-0.2, 0) is 12.7 Å². The molecule has 1 heterocycles. The van der Waals surface area contributed by atoms with Crippen LogP contribution in [0, 0.1) is 0 Å². The summed E-state index contributed by atoms with van der Waals surface area (Å²) < 4.78 is 40.6.